The molecule has 1 amide bonds. The van der Waals surface area contributed by atoms with Crippen molar-refractivity contribution in [1.82, 2.24) is 4.98 Å². The Bertz CT molecular complexity index is 1190. The number of fused-ring (bicyclic) bond motifs is 1. The van der Waals surface area contributed by atoms with E-state index in [0.717, 1.165) is 44.3 Å². The number of carbonyl (C=O) groups excluding carboxylic acids is 1. The molecule has 4 aromatic rings. The van der Waals surface area contributed by atoms with E-state index in [1.807, 2.05) is 85.8 Å². The van der Waals surface area contributed by atoms with Crippen molar-refractivity contribution in [3.63, 3.8) is 0 Å². The van der Waals surface area contributed by atoms with E-state index in [2.05, 4.69) is 15.6 Å². The van der Waals surface area contributed by atoms with E-state index in [-0.39, 0.29) is 11.7 Å². The third-order valence-corrected chi connectivity index (χ3v) is 5.70. The summed E-state index contributed by atoms with van der Waals surface area (Å²) in [7, 11) is 1.64. The fourth-order valence-electron chi connectivity index (χ4n) is 3.26. The van der Waals surface area contributed by atoms with Crippen molar-refractivity contribution in [2.45, 2.75) is 11.9 Å². The fraction of sp³-hybridized carbons (Fsp3) is 0.120. The van der Waals surface area contributed by atoms with Gasteiger partial charge in [0.05, 0.1) is 17.9 Å². The van der Waals surface area contributed by atoms with Gasteiger partial charge < -0.3 is 15.4 Å². The van der Waals surface area contributed by atoms with Gasteiger partial charge in [-0.2, -0.15) is 0 Å². The van der Waals surface area contributed by atoms with Crippen molar-refractivity contribution >= 4 is 45.6 Å². The summed E-state index contributed by atoms with van der Waals surface area (Å²) < 4.78 is 5.43. The normalized spacial score (nSPS) is 10.6. The number of nitrogens with zero attached hydrogens (tertiary/aromatic N) is 1. The number of hydrogen-bond acceptors (Lipinski definition) is 5. The molecule has 3 aromatic carbocycles. The second kappa shape index (κ2) is 9.53. The van der Waals surface area contributed by atoms with Crippen LogP contribution in [0.25, 0.3) is 10.9 Å². The van der Waals surface area contributed by atoms with Crippen LogP contribution in [0.15, 0.2) is 83.9 Å². The fourth-order valence-corrected chi connectivity index (χ4v) is 4.03. The first kappa shape index (κ1) is 20.8. The van der Waals surface area contributed by atoms with Gasteiger partial charge >= 0.3 is 0 Å². The first-order valence-corrected chi connectivity index (χ1v) is 10.9. The van der Waals surface area contributed by atoms with Gasteiger partial charge in [-0.15, -0.1) is 0 Å². The van der Waals surface area contributed by atoms with E-state index in [4.69, 9.17) is 4.74 Å². The summed E-state index contributed by atoms with van der Waals surface area (Å²) in [5.74, 6) is 0.932. The molecule has 0 radical (unpaired) electrons. The number of carbonyl (C=O) groups is 1. The lowest BCUT2D eigenvalue weighted by Crippen LogP contribution is -2.14. The molecule has 0 saturated carbocycles. The molecule has 0 atom stereocenters. The number of pyridine rings is 1. The average Bonchev–Trinajstić information content (AvgIpc) is 2.79. The molecule has 0 bridgehead atoms. The zero-order valence-corrected chi connectivity index (χ0v) is 18.2. The van der Waals surface area contributed by atoms with Crippen LogP contribution in [0.3, 0.4) is 0 Å². The Labute approximate surface area is 185 Å². The summed E-state index contributed by atoms with van der Waals surface area (Å²) in [6.07, 6.45) is 0. The largest absolute Gasteiger partial charge is 0.494 e. The molecule has 31 heavy (non-hydrogen) atoms. The number of nitrogens with one attached hydrogen (secondary N) is 2. The highest BCUT2D eigenvalue weighted by Crippen LogP contribution is 2.29. The van der Waals surface area contributed by atoms with Crippen LogP contribution in [0.1, 0.15) is 5.56 Å². The van der Waals surface area contributed by atoms with Crippen LogP contribution in [-0.4, -0.2) is 23.8 Å². The molecule has 0 spiro atoms. The first-order valence-electron chi connectivity index (χ1n) is 9.91. The summed E-state index contributed by atoms with van der Waals surface area (Å²) >= 11 is 1.41. The lowest BCUT2D eigenvalue weighted by Gasteiger charge is -2.10. The lowest BCUT2D eigenvalue weighted by atomic mass is 10.1. The van der Waals surface area contributed by atoms with E-state index in [1.165, 1.54) is 11.8 Å². The Morgan fingerprint density at radius 2 is 1.65 bits per heavy atom. The van der Waals surface area contributed by atoms with Crippen molar-refractivity contribution in [3.05, 3.63) is 84.4 Å². The molecule has 156 valence electrons. The number of benzene rings is 3. The second-order valence-electron chi connectivity index (χ2n) is 7.04. The maximum Gasteiger partial charge on any atom is 0.234 e. The molecule has 0 saturated heterocycles. The molecular weight excluding hydrogens is 406 g/mol. The van der Waals surface area contributed by atoms with Crippen molar-refractivity contribution in [1.29, 1.82) is 0 Å². The number of anilines is 3. The van der Waals surface area contributed by atoms with Gasteiger partial charge in [-0.25, -0.2) is 4.98 Å². The minimum Gasteiger partial charge on any atom is -0.494 e. The molecule has 1 heterocycles. The number of para-hydroxylation sites is 2. The smallest absolute Gasteiger partial charge is 0.234 e. The zero-order valence-electron chi connectivity index (χ0n) is 17.4. The number of rotatable bonds is 7. The number of ether oxygens (including phenoxy) is 1. The van der Waals surface area contributed by atoms with Crippen molar-refractivity contribution in [2.24, 2.45) is 0 Å². The van der Waals surface area contributed by atoms with Crippen LogP contribution in [0.5, 0.6) is 5.75 Å². The molecule has 2 N–H and O–H groups in total. The van der Waals surface area contributed by atoms with E-state index < -0.39 is 0 Å². The molecular formula is C25H23N3O2S. The maximum atomic E-state index is 12.4. The van der Waals surface area contributed by atoms with Crippen LogP contribution in [0.2, 0.25) is 0 Å². The molecule has 0 aliphatic rings. The number of methoxy groups -OCH3 is 1. The van der Waals surface area contributed by atoms with Crippen LogP contribution in [0, 0.1) is 6.92 Å². The van der Waals surface area contributed by atoms with Gasteiger partial charge in [-0.05, 0) is 61.0 Å². The van der Waals surface area contributed by atoms with Crippen LogP contribution in [-0.2, 0) is 4.79 Å². The minimum atomic E-state index is -0.0756. The van der Waals surface area contributed by atoms with Crippen molar-refractivity contribution < 1.29 is 9.53 Å². The summed E-state index contributed by atoms with van der Waals surface area (Å²) in [6, 6.07) is 25.5. The van der Waals surface area contributed by atoms with Crippen molar-refractivity contribution in [3.8, 4) is 5.75 Å². The first-order chi connectivity index (χ1) is 15.1. The van der Waals surface area contributed by atoms with Crippen molar-refractivity contribution in [2.75, 3.05) is 23.5 Å². The molecule has 0 aliphatic heterocycles. The highest BCUT2D eigenvalue weighted by Gasteiger charge is 2.10. The van der Waals surface area contributed by atoms with E-state index in [0.29, 0.717) is 0 Å². The number of thioether (sulfide) groups is 1. The lowest BCUT2D eigenvalue weighted by molar-refractivity contribution is -0.113. The van der Waals surface area contributed by atoms with Gasteiger partial charge in [-0.1, -0.05) is 42.1 Å². The molecule has 0 fully saturated rings. The van der Waals surface area contributed by atoms with E-state index >= 15 is 0 Å². The Morgan fingerprint density at radius 3 is 2.39 bits per heavy atom. The minimum absolute atomic E-state index is 0.0756. The Kier molecular flexibility index (Phi) is 6.38. The quantitative estimate of drug-likeness (QED) is 0.351. The molecule has 0 aliphatic carbocycles. The Balaban J connectivity index is 1.37. The van der Waals surface area contributed by atoms with Gasteiger partial charge in [0.25, 0.3) is 0 Å². The van der Waals surface area contributed by atoms with Gasteiger partial charge in [-0.3, -0.25) is 4.79 Å². The average molecular weight is 430 g/mol. The molecule has 0 unspecified atom stereocenters. The Hall–Kier alpha value is -3.51. The highest BCUT2D eigenvalue weighted by atomic mass is 32.2. The molecule has 1 aromatic heterocycles. The predicted octanol–water partition coefficient (Wildman–Crippen LogP) is 6.03. The van der Waals surface area contributed by atoms with Crippen LogP contribution < -0.4 is 15.4 Å². The maximum absolute atomic E-state index is 12.4. The topological polar surface area (TPSA) is 63.2 Å². The summed E-state index contributed by atoms with van der Waals surface area (Å²) in [6.45, 7) is 2.04. The SMILES string of the molecule is COc1cccc2c(C)cc(SCC(=O)Nc3ccc(Nc4ccccc4)cc3)nc12. The standard InChI is InChI=1S/C25H23N3O2S/c1-17-15-24(28-25-21(17)9-6-10-22(25)30-2)31-16-23(29)27-20-13-11-19(12-14-20)26-18-7-4-3-5-8-18/h3-15,26H,16H2,1-2H3,(H,27,29). The summed E-state index contributed by atoms with van der Waals surface area (Å²) in [5.41, 5.74) is 4.66. The number of aromatic nitrogens is 1. The van der Waals surface area contributed by atoms with Gasteiger partial charge in [0.2, 0.25) is 5.91 Å². The van der Waals surface area contributed by atoms with Crippen LogP contribution in [0.4, 0.5) is 17.1 Å². The van der Waals surface area contributed by atoms with E-state index in [1.54, 1.807) is 7.11 Å². The molecule has 5 nitrogen and oxygen atoms in total. The van der Waals surface area contributed by atoms with Crippen LogP contribution >= 0.6 is 11.8 Å². The van der Waals surface area contributed by atoms with E-state index in [9.17, 15) is 4.79 Å². The summed E-state index contributed by atoms with van der Waals surface area (Å²) in [4.78, 5) is 17.1. The predicted molar refractivity (Wildman–Crippen MR) is 129 cm³/mol. The second-order valence-corrected chi connectivity index (χ2v) is 8.03. The van der Waals surface area contributed by atoms with Gasteiger partial charge in [0.15, 0.2) is 0 Å². The van der Waals surface area contributed by atoms with Gasteiger partial charge in [0.1, 0.15) is 11.3 Å². The third-order valence-electron chi connectivity index (χ3n) is 4.79. The number of aryl methyl sites for hydroxylation is 1. The number of hydrogen-bond donors (Lipinski definition) is 2. The Morgan fingerprint density at radius 1 is 0.935 bits per heavy atom. The third kappa shape index (κ3) is 5.16. The van der Waals surface area contributed by atoms with Gasteiger partial charge in [0, 0.05) is 22.4 Å². The zero-order chi connectivity index (χ0) is 21.6. The molecule has 4 rings (SSSR count). The number of amides is 1. The highest BCUT2D eigenvalue weighted by molar-refractivity contribution is 7.99. The summed E-state index contributed by atoms with van der Waals surface area (Å²) in [5, 5.41) is 8.11. The molecule has 6 heteroatoms. The monoisotopic (exact) mass is 429 g/mol.